The number of aromatic nitrogens is 2. The van der Waals surface area contributed by atoms with Gasteiger partial charge < -0.3 is 14.6 Å². The van der Waals surface area contributed by atoms with E-state index in [1.807, 2.05) is 30.3 Å². The van der Waals surface area contributed by atoms with Crippen LogP contribution in [-0.4, -0.2) is 25.5 Å². The van der Waals surface area contributed by atoms with E-state index in [1.165, 1.54) is 11.0 Å². The van der Waals surface area contributed by atoms with Crippen molar-refractivity contribution in [2.24, 2.45) is 0 Å². The van der Waals surface area contributed by atoms with Crippen molar-refractivity contribution in [3.05, 3.63) is 47.4 Å². The molecule has 1 amide bonds. The summed E-state index contributed by atoms with van der Waals surface area (Å²) in [7, 11) is 3.56. The molecule has 1 heterocycles. The predicted octanol–water partition coefficient (Wildman–Crippen LogP) is 1.50. The van der Waals surface area contributed by atoms with E-state index in [2.05, 4.69) is 10.6 Å². The van der Waals surface area contributed by atoms with Crippen LogP contribution in [0.3, 0.4) is 0 Å². The normalized spacial score (nSPS) is 10.0. The molecule has 19 heavy (non-hydrogen) atoms. The van der Waals surface area contributed by atoms with Crippen LogP contribution in [0.4, 0.5) is 10.7 Å². The summed E-state index contributed by atoms with van der Waals surface area (Å²) in [5.74, 6) is 0.0896. The van der Waals surface area contributed by atoms with Crippen LogP contribution in [0.2, 0.25) is 0 Å². The molecule has 0 fully saturated rings. The number of carbonyl (C=O) groups excluding carboxylic acids is 1. The lowest BCUT2D eigenvalue weighted by Crippen LogP contribution is -2.53. The third-order valence-electron chi connectivity index (χ3n) is 2.26. The zero-order chi connectivity index (χ0) is 13.7. The molecule has 0 atom stereocenters. The third kappa shape index (κ3) is 3.70. The maximum Gasteiger partial charge on any atom is 0.257 e. The summed E-state index contributed by atoms with van der Waals surface area (Å²) < 4.78 is 9.84. The number of carbonyl (C=O) groups is 1. The lowest BCUT2D eigenvalue weighted by atomic mass is 10.2. The minimum absolute atomic E-state index is 0.0896. The van der Waals surface area contributed by atoms with Gasteiger partial charge in [0.1, 0.15) is 12.5 Å². The topological polar surface area (TPSA) is 73.6 Å². The quantitative estimate of drug-likeness (QED) is 0.781. The number of rotatable bonds is 4. The molecule has 1 aromatic heterocycles. The number of amides is 1. The molecule has 0 radical (unpaired) electrons. The number of ether oxygens (including phenoxy) is 1. The van der Waals surface area contributed by atoms with Gasteiger partial charge in [0.15, 0.2) is 0 Å². The first-order valence-corrected chi connectivity index (χ1v) is 5.64. The first-order chi connectivity index (χ1) is 9.15. The highest BCUT2D eigenvalue weighted by atomic mass is 16.6. The molecule has 100 valence electrons. The van der Waals surface area contributed by atoms with E-state index in [4.69, 9.17) is 9.26 Å². The second-order valence-electron chi connectivity index (χ2n) is 3.96. The number of nitrogens with zero attached hydrogens (tertiary/aromatic N) is 4. The molecule has 1 aromatic carbocycles. The third-order valence-corrected chi connectivity index (χ3v) is 2.26. The summed E-state index contributed by atoms with van der Waals surface area (Å²) >= 11 is 0. The monoisotopic (exact) mass is 262 g/mol. The first-order valence-electron chi connectivity index (χ1n) is 5.64. The lowest BCUT2D eigenvalue weighted by molar-refractivity contribution is -0.753. The van der Waals surface area contributed by atoms with Crippen molar-refractivity contribution >= 4 is 12.0 Å². The first kappa shape index (κ1) is 12.9. The van der Waals surface area contributed by atoms with Gasteiger partial charge in [-0.05, 0) is 5.56 Å². The molecule has 0 saturated heterocycles. The smallest absolute Gasteiger partial charge is 0.257 e. The molecule has 0 spiro atoms. The van der Waals surface area contributed by atoms with Crippen molar-refractivity contribution in [1.82, 2.24) is 5.27 Å². The summed E-state index contributed by atoms with van der Waals surface area (Å²) in [6.07, 6.45) is 0.759. The Labute approximate surface area is 110 Å². The Kier molecular flexibility index (Phi) is 3.97. The van der Waals surface area contributed by atoms with Crippen molar-refractivity contribution in [2.75, 3.05) is 19.1 Å². The Bertz CT molecular complexity index is 539. The second-order valence-corrected chi connectivity index (χ2v) is 3.96. The van der Waals surface area contributed by atoms with Gasteiger partial charge >= 0.3 is 0 Å². The minimum atomic E-state index is -0.717. The fourth-order valence-corrected chi connectivity index (χ4v) is 1.31. The van der Waals surface area contributed by atoms with Gasteiger partial charge in [-0.15, -0.1) is 0 Å². The van der Waals surface area contributed by atoms with Crippen LogP contribution >= 0.6 is 0 Å². The predicted molar refractivity (Wildman–Crippen MR) is 66.4 cm³/mol. The Morgan fingerprint density at radius 3 is 2.79 bits per heavy atom. The summed E-state index contributed by atoms with van der Waals surface area (Å²) in [6.45, 7) is 0.172. The zero-order valence-electron chi connectivity index (χ0n) is 10.7. The molecule has 7 heteroatoms. The summed E-state index contributed by atoms with van der Waals surface area (Å²) in [6, 6.07) is 9.36. The largest absolute Gasteiger partial charge is 0.552 e. The molecular formula is C12H14N4O3. The molecule has 0 N–H and O–H groups in total. The second kappa shape index (κ2) is 5.85. The Morgan fingerprint density at radius 1 is 1.42 bits per heavy atom. The molecule has 0 aliphatic carbocycles. The highest BCUT2D eigenvalue weighted by Gasteiger charge is 2.08. The fraction of sp³-hybridized carbons (Fsp3) is 0.250. The van der Waals surface area contributed by atoms with Crippen LogP contribution in [0.25, 0.3) is 5.32 Å². The molecule has 7 nitrogen and oxygen atoms in total. The molecular weight excluding hydrogens is 248 g/mol. The van der Waals surface area contributed by atoms with Gasteiger partial charge in [0.2, 0.25) is 11.4 Å². The van der Waals surface area contributed by atoms with Crippen LogP contribution in [0.5, 0.6) is 0 Å². The Morgan fingerprint density at radius 2 is 2.16 bits per heavy atom. The standard InChI is InChI=1S/C12H14N4O3/c1-15(2)16-8-11(19-14-16)13-12(17)18-9-10-6-4-3-5-7-10/h3-8H,9H2,1-2H3. The van der Waals surface area contributed by atoms with Gasteiger partial charge in [-0.3, -0.25) is 4.79 Å². The summed E-state index contributed by atoms with van der Waals surface area (Å²) in [5.41, 5.74) is 0.895. The van der Waals surface area contributed by atoms with Crippen LogP contribution in [-0.2, 0) is 11.3 Å². The van der Waals surface area contributed by atoms with E-state index < -0.39 is 6.09 Å². The Balaban J connectivity index is 1.84. The minimum Gasteiger partial charge on any atom is -0.552 e. The average Bonchev–Trinajstić information content (AvgIpc) is 2.86. The van der Waals surface area contributed by atoms with Crippen molar-refractivity contribution in [1.29, 1.82) is 0 Å². The van der Waals surface area contributed by atoms with Crippen LogP contribution < -0.4 is 9.80 Å². The summed E-state index contributed by atoms with van der Waals surface area (Å²) in [5, 5.41) is 8.96. The number of hydrogen-bond donors (Lipinski definition) is 0. The molecule has 0 unspecified atom stereocenters. The molecule has 0 aliphatic rings. The SMILES string of the molecule is CN(C)[n+]1cc([N-]C(=O)OCc2ccccc2)on1. The Hall–Kier alpha value is -2.57. The van der Waals surface area contributed by atoms with Crippen molar-refractivity contribution in [3.63, 3.8) is 0 Å². The van der Waals surface area contributed by atoms with E-state index in [9.17, 15) is 4.79 Å². The van der Waals surface area contributed by atoms with Crippen molar-refractivity contribution in [2.45, 2.75) is 6.61 Å². The highest BCUT2D eigenvalue weighted by molar-refractivity contribution is 5.88. The number of benzene rings is 1. The molecule has 2 aromatic rings. The fourth-order valence-electron chi connectivity index (χ4n) is 1.31. The highest BCUT2D eigenvalue weighted by Crippen LogP contribution is 2.16. The molecule has 0 aliphatic heterocycles. The zero-order valence-corrected chi connectivity index (χ0v) is 10.7. The van der Waals surface area contributed by atoms with Crippen LogP contribution in [0, 0.1) is 0 Å². The average molecular weight is 262 g/mol. The van der Waals surface area contributed by atoms with E-state index in [0.29, 0.717) is 0 Å². The van der Waals surface area contributed by atoms with Crippen LogP contribution in [0.15, 0.2) is 41.1 Å². The van der Waals surface area contributed by atoms with E-state index in [-0.39, 0.29) is 12.5 Å². The van der Waals surface area contributed by atoms with Crippen LogP contribution in [0.1, 0.15) is 5.56 Å². The maximum absolute atomic E-state index is 11.5. The van der Waals surface area contributed by atoms with E-state index in [0.717, 1.165) is 5.56 Å². The van der Waals surface area contributed by atoms with E-state index in [1.54, 1.807) is 19.1 Å². The van der Waals surface area contributed by atoms with Gasteiger partial charge in [-0.2, -0.15) is 5.01 Å². The lowest BCUT2D eigenvalue weighted by Gasteiger charge is -2.13. The van der Waals surface area contributed by atoms with Gasteiger partial charge in [0.25, 0.3) is 6.20 Å². The number of hydrogen-bond acceptors (Lipinski definition) is 5. The van der Waals surface area contributed by atoms with Gasteiger partial charge in [0, 0.05) is 0 Å². The van der Waals surface area contributed by atoms with Gasteiger partial charge in [-0.1, -0.05) is 30.3 Å². The molecule has 0 bridgehead atoms. The maximum atomic E-state index is 11.5. The summed E-state index contributed by atoms with van der Waals surface area (Å²) in [4.78, 5) is 12.9. The van der Waals surface area contributed by atoms with Crippen molar-refractivity contribution < 1.29 is 18.8 Å². The van der Waals surface area contributed by atoms with Crippen molar-refractivity contribution in [3.8, 4) is 0 Å². The molecule has 0 saturated carbocycles. The van der Waals surface area contributed by atoms with Gasteiger partial charge in [0.05, 0.1) is 18.9 Å². The van der Waals surface area contributed by atoms with Gasteiger partial charge in [-0.25, -0.2) is 0 Å². The molecule has 2 rings (SSSR count). The van der Waals surface area contributed by atoms with E-state index >= 15 is 0 Å².